The van der Waals surface area contributed by atoms with Crippen LogP contribution >= 0.6 is 11.8 Å². The largest absolute Gasteiger partial charge is 0.454 e. The van der Waals surface area contributed by atoms with Gasteiger partial charge in [0.25, 0.3) is 0 Å². The molecule has 0 saturated carbocycles. The van der Waals surface area contributed by atoms with E-state index in [1.165, 1.54) is 23.9 Å². The molecule has 0 spiro atoms. The molecule has 0 fully saturated rings. The highest BCUT2D eigenvalue weighted by Crippen LogP contribution is 2.35. The van der Waals surface area contributed by atoms with Crippen molar-refractivity contribution in [1.29, 1.82) is 0 Å². The Morgan fingerprint density at radius 1 is 1.14 bits per heavy atom. The molecule has 1 aliphatic heterocycles. The van der Waals surface area contributed by atoms with Gasteiger partial charge in [-0.3, -0.25) is 4.79 Å². The summed E-state index contributed by atoms with van der Waals surface area (Å²) in [5, 5.41) is 0. The molecule has 2 aromatic rings. The maximum absolute atomic E-state index is 12.8. The quantitative estimate of drug-likeness (QED) is 0.493. The number of hydrogen-bond acceptors (Lipinski definition) is 5. The van der Waals surface area contributed by atoms with Gasteiger partial charge in [0.05, 0.1) is 5.75 Å². The molecule has 0 saturated heterocycles. The van der Waals surface area contributed by atoms with Crippen molar-refractivity contribution in [3.05, 3.63) is 48.3 Å². The second-order valence-electron chi connectivity index (χ2n) is 4.23. The molecule has 0 atom stereocenters. The van der Waals surface area contributed by atoms with Crippen LogP contribution in [0.15, 0.2) is 47.4 Å². The Kier molecular flexibility index (Phi) is 3.96. The third-order valence-corrected chi connectivity index (χ3v) is 3.73. The zero-order valence-corrected chi connectivity index (χ0v) is 11.7. The number of esters is 1. The second-order valence-corrected chi connectivity index (χ2v) is 5.28. The SMILES string of the molecule is O=C(CSc1ccc(F)cc1)Oc1ccc2c(c1)OCO2. The number of carbonyl (C=O) groups excluding carboxylic acids is 1. The number of rotatable bonds is 4. The third kappa shape index (κ3) is 3.46. The summed E-state index contributed by atoms with van der Waals surface area (Å²) >= 11 is 1.28. The number of halogens is 1. The minimum Gasteiger partial charge on any atom is -0.454 e. The fourth-order valence-electron chi connectivity index (χ4n) is 1.77. The van der Waals surface area contributed by atoms with E-state index in [9.17, 15) is 9.18 Å². The molecule has 3 rings (SSSR count). The number of hydrogen-bond donors (Lipinski definition) is 0. The number of benzene rings is 2. The molecule has 108 valence electrons. The molecule has 21 heavy (non-hydrogen) atoms. The standard InChI is InChI=1S/C15H11FO4S/c16-10-1-4-12(5-2-10)21-8-15(17)20-11-3-6-13-14(7-11)19-9-18-13/h1-7H,8-9H2. The number of fused-ring (bicyclic) bond motifs is 1. The monoisotopic (exact) mass is 306 g/mol. The molecule has 0 aliphatic carbocycles. The topological polar surface area (TPSA) is 44.8 Å². The minimum absolute atomic E-state index is 0.139. The van der Waals surface area contributed by atoms with E-state index in [0.717, 1.165) is 4.90 Å². The van der Waals surface area contributed by atoms with E-state index >= 15 is 0 Å². The van der Waals surface area contributed by atoms with E-state index in [2.05, 4.69) is 0 Å². The summed E-state index contributed by atoms with van der Waals surface area (Å²) in [6, 6.07) is 10.9. The molecule has 0 bridgehead atoms. The average molecular weight is 306 g/mol. The smallest absolute Gasteiger partial charge is 0.321 e. The zero-order chi connectivity index (χ0) is 14.7. The Labute approximate surface area is 124 Å². The molecule has 0 unspecified atom stereocenters. The summed E-state index contributed by atoms with van der Waals surface area (Å²) in [5.41, 5.74) is 0. The number of carbonyl (C=O) groups is 1. The molecule has 1 aliphatic rings. The van der Waals surface area contributed by atoms with Gasteiger partial charge in [0, 0.05) is 11.0 Å². The Balaban J connectivity index is 1.55. The maximum atomic E-state index is 12.8. The lowest BCUT2D eigenvalue weighted by atomic mass is 10.3. The number of thioether (sulfide) groups is 1. The first-order valence-corrected chi connectivity index (χ1v) is 7.18. The van der Waals surface area contributed by atoms with Gasteiger partial charge in [-0.2, -0.15) is 0 Å². The van der Waals surface area contributed by atoms with Crippen molar-refractivity contribution in [1.82, 2.24) is 0 Å². The van der Waals surface area contributed by atoms with Gasteiger partial charge in [-0.25, -0.2) is 4.39 Å². The molecular formula is C15H11FO4S. The summed E-state index contributed by atoms with van der Waals surface area (Å²) < 4.78 is 28.4. The van der Waals surface area contributed by atoms with Crippen LogP contribution in [0.4, 0.5) is 4.39 Å². The molecule has 4 nitrogen and oxygen atoms in total. The van der Waals surface area contributed by atoms with Crippen LogP contribution < -0.4 is 14.2 Å². The van der Waals surface area contributed by atoms with Crippen molar-refractivity contribution in [3.63, 3.8) is 0 Å². The fraction of sp³-hybridized carbons (Fsp3) is 0.133. The predicted molar refractivity (Wildman–Crippen MR) is 75.3 cm³/mol. The van der Waals surface area contributed by atoms with E-state index < -0.39 is 0 Å². The Morgan fingerprint density at radius 2 is 1.90 bits per heavy atom. The minimum atomic E-state index is -0.386. The van der Waals surface area contributed by atoms with Crippen molar-refractivity contribution < 1.29 is 23.4 Å². The Hall–Kier alpha value is -2.21. The van der Waals surface area contributed by atoms with E-state index in [1.54, 1.807) is 30.3 Å². The molecule has 6 heteroatoms. The average Bonchev–Trinajstić information content (AvgIpc) is 2.94. The third-order valence-electron chi connectivity index (χ3n) is 2.75. The number of ether oxygens (including phenoxy) is 3. The van der Waals surface area contributed by atoms with Gasteiger partial charge in [0.15, 0.2) is 11.5 Å². The van der Waals surface area contributed by atoms with Gasteiger partial charge < -0.3 is 14.2 Å². The Bertz CT molecular complexity index is 657. The molecule has 0 amide bonds. The van der Waals surface area contributed by atoms with Crippen LogP contribution in [0, 0.1) is 5.82 Å². The lowest BCUT2D eigenvalue weighted by Crippen LogP contribution is -2.10. The van der Waals surface area contributed by atoms with Crippen LogP contribution in [0.5, 0.6) is 17.2 Å². The van der Waals surface area contributed by atoms with E-state index in [-0.39, 0.29) is 24.3 Å². The van der Waals surface area contributed by atoms with Crippen molar-refractivity contribution in [2.24, 2.45) is 0 Å². The first-order chi connectivity index (χ1) is 10.2. The van der Waals surface area contributed by atoms with Crippen molar-refractivity contribution >= 4 is 17.7 Å². The second kappa shape index (κ2) is 6.05. The lowest BCUT2D eigenvalue weighted by molar-refractivity contribution is -0.131. The van der Waals surface area contributed by atoms with Gasteiger partial charge in [0.2, 0.25) is 6.79 Å². The molecule has 1 heterocycles. The van der Waals surface area contributed by atoms with Crippen molar-refractivity contribution in [3.8, 4) is 17.2 Å². The lowest BCUT2D eigenvalue weighted by Gasteiger charge is -2.05. The van der Waals surface area contributed by atoms with Gasteiger partial charge in [-0.1, -0.05) is 0 Å². The summed E-state index contributed by atoms with van der Waals surface area (Å²) in [4.78, 5) is 12.6. The molecule has 0 N–H and O–H groups in total. The summed E-state index contributed by atoms with van der Waals surface area (Å²) in [6.07, 6.45) is 0. The van der Waals surface area contributed by atoms with E-state index in [4.69, 9.17) is 14.2 Å². The Morgan fingerprint density at radius 3 is 2.71 bits per heavy atom. The van der Waals surface area contributed by atoms with Crippen LogP contribution in [0.3, 0.4) is 0 Å². The van der Waals surface area contributed by atoms with Crippen LogP contribution in [-0.4, -0.2) is 18.5 Å². The zero-order valence-electron chi connectivity index (χ0n) is 10.9. The molecular weight excluding hydrogens is 295 g/mol. The van der Waals surface area contributed by atoms with Gasteiger partial charge in [0.1, 0.15) is 11.6 Å². The van der Waals surface area contributed by atoms with E-state index in [0.29, 0.717) is 17.2 Å². The predicted octanol–water partition coefficient (Wildman–Crippen LogP) is 3.25. The van der Waals surface area contributed by atoms with Gasteiger partial charge in [-0.05, 0) is 36.4 Å². The maximum Gasteiger partial charge on any atom is 0.321 e. The summed E-state index contributed by atoms with van der Waals surface area (Å²) in [5.74, 6) is 1.05. The van der Waals surface area contributed by atoms with Crippen molar-refractivity contribution in [2.75, 3.05) is 12.5 Å². The highest BCUT2D eigenvalue weighted by Gasteiger charge is 2.15. The highest BCUT2D eigenvalue weighted by molar-refractivity contribution is 8.00. The summed E-state index contributed by atoms with van der Waals surface area (Å²) in [7, 11) is 0. The van der Waals surface area contributed by atoms with Crippen LogP contribution in [0.25, 0.3) is 0 Å². The van der Waals surface area contributed by atoms with Gasteiger partial charge in [-0.15, -0.1) is 11.8 Å². The highest BCUT2D eigenvalue weighted by atomic mass is 32.2. The van der Waals surface area contributed by atoms with Crippen LogP contribution in [-0.2, 0) is 4.79 Å². The molecule has 0 radical (unpaired) electrons. The van der Waals surface area contributed by atoms with Crippen LogP contribution in [0.2, 0.25) is 0 Å². The first-order valence-electron chi connectivity index (χ1n) is 6.19. The van der Waals surface area contributed by atoms with Crippen LogP contribution in [0.1, 0.15) is 0 Å². The van der Waals surface area contributed by atoms with Gasteiger partial charge >= 0.3 is 5.97 Å². The van der Waals surface area contributed by atoms with E-state index in [1.807, 2.05) is 0 Å². The van der Waals surface area contributed by atoms with Crippen molar-refractivity contribution in [2.45, 2.75) is 4.90 Å². The molecule has 0 aromatic heterocycles. The fourth-order valence-corrected chi connectivity index (χ4v) is 2.45. The summed E-state index contributed by atoms with van der Waals surface area (Å²) in [6.45, 7) is 0.174. The molecule has 2 aromatic carbocycles. The normalized spacial score (nSPS) is 12.2. The first kappa shape index (κ1) is 13.8.